The highest BCUT2D eigenvalue weighted by Crippen LogP contribution is 2.13. The summed E-state index contributed by atoms with van der Waals surface area (Å²) in [5, 5.41) is 2.54. The van der Waals surface area contributed by atoms with Gasteiger partial charge in [-0.25, -0.2) is 4.79 Å². The van der Waals surface area contributed by atoms with Gasteiger partial charge in [-0.3, -0.25) is 10.1 Å². The summed E-state index contributed by atoms with van der Waals surface area (Å²) in [5.41, 5.74) is 0.170. The molecule has 0 aliphatic rings. The number of amides is 1. The number of ether oxygens (including phenoxy) is 1. The van der Waals surface area contributed by atoms with E-state index in [2.05, 4.69) is 5.32 Å². The van der Waals surface area contributed by atoms with Crippen molar-refractivity contribution in [2.24, 2.45) is 0 Å². The number of hydrogen-bond donors (Lipinski definition) is 1. The molecule has 0 aliphatic heterocycles. The van der Waals surface area contributed by atoms with Crippen molar-refractivity contribution in [3.63, 3.8) is 0 Å². The smallest absolute Gasteiger partial charge is 0.412 e. The number of aromatic nitrogens is 1. The van der Waals surface area contributed by atoms with E-state index in [0.717, 1.165) is 0 Å². The van der Waals surface area contributed by atoms with Gasteiger partial charge in [0, 0.05) is 12.2 Å². The molecular formula is C14H22N2O3. The molecule has 1 aromatic heterocycles. The van der Waals surface area contributed by atoms with Gasteiger partial charge in [0.2, 0.25) is 0 Å². The number of nitrogens with one attached hydrogen (secondary N) is 1. The number of hydrogen-bond acceptors (Lipinski definition) is 3. The first-order chi connectivity index (χ1) is 8.61. The average Bonchev–Trinajstić information content (AvgIpc) is 2.21. The molecule has 0 aliphatic carbocycles. The maximum absolute atomic E-state index is 12.2. The van der Waals surface area contributed by atoms with Crippen LogP contribution in [0.25, 0.3) is 0 Å². The molecule has 0 aromatic carbocycles. The molecule has 0 fully saturated rings. The lowest BCUT2D eigenvalue weighted by molar-refractivity contribution is 0.0635. The number of anilines is 1. The molecule has 0 saturated carbocycles. The number of rotatable bonds is 2. The van der Waals surface area contributed by atoms with Crippen LogP contribution < -0.4 is 10.9 Å². The summed E-state index contributed by atoms with van der Waals surface area (Å²) in [5.74, 6) is 0. The fourth-order valence-corrected chi connectivity index (χ4v) is 1.61. The number of carbonyl (C=O) groups is 1. The van der Waals surface area contributed by atoms with Crippen molar-refractivity contribution in [3.8, 4) is 0 Å². The van der Waals surface area contributed by atoms with E-state index in [-0.39, 0.29) is 17.3 Å². The van der Waals surface area contributed by atoms with Gasteiger partial charge in [-0.2, -0.15) is 0 Å². The molecule has 1 heterocycles. The van der Waals surface area contributed by atoms with Gasteiger partial charge in [-0.05, 0) is 53.2 Å². The van der Waals surface area contributed by atoms with Crippen molar-refractivity contribution in [1.29, 1.82) is 0 Å². The van der Waals surface area contributed by atoms with Crippen molar-refractivity contribution < 1.29 is 9.53 Å². The van der Waals surface area contributed by atoms with Crippen LogP contribution in [0.5, 0.6) is 0 Å². The van der Waals surface area contributed by atoms with Crippen LogP contribution in [0.2, 0.25) is 0 Å². The number of aryl methyl sites for hydroxylation is 1. The molecule has 0 saturated heterocycles. The van der Waals surface area contributed by atoms with Gasteiger partial charge in [0.05, 0.1) is 0 Å². The van der Waals surface area contributed by atoms with Gasteiger partial charge in [-0.1, -0.05) is 0 Å². The third-order valence-electron chi connectivity index (χ3n) is 2.51. The highest BCUT2D eigenvalue weighted by molar-refractivity contribution is 5.85. The lowest BCUT2D eigenvalue weighted by Crippen LogP contribution is -2.31. The molecule has 19 heavy (non-hydrogen) atoms. The largest absolute Gasteiger partial charge is 0.444 e. The highest BCUT2D eigenvalue weighted by atomic mass is 16.6. The van der Waals surface area contributed by atoms with Crippen LogP contribution in [0.15, 0.2) is 17.1 Å². The molecule has 0 bridgehead atoms. The van der Waals surface area contributed by atoms with Crippen molar-refractivity contribution in [3.05, 3.63) is 28.2 Å². The molecular weight excluding hydrogens is 244 g/mol. The van der Waals surface area contributed by atoms with Crippen LogP contribution in [0.1, 0.15) is 46.2 Å². The normalized spacial score (nSPS) is 11.5. The molecule has 0 radical (unpaired) electrons. The molecule has 1 amide bonds. The second-order valence-corrected chi connectivity index (χ2v) is 5.81. The third kappa shape index (κ3) is 4.12. The van der Waals surface area contributed by atoms with Gasteiger partial charge in [0.1, 0.15) is 11.3 Å². The highest BCUT2D eigenvalue weighted by Gasteiger charge is 2.18. The minimum absolute atomic E-state index is 0.0345. The van der Waals surface area contributed by atoms with E-state index in [1.165, 1.54) is 0 Å². The minimum atomic E-state index is -0.616. The first kappa shape index (κ1) is 15.3. The second-order valence-electron chi connectivity index (χ2n) is 5.81. The Morgan fingerprint density at radius 2 is 1.95 bits per heavy atom. The van der Waals surface area contributed by atoms with Crippen LogP contribution >= 0.6 is 0 Å². The minimum Gasteiger partial charge on any atom is -0.444 e. The van der Waals surface area contributed by atoms with Gasteiger partial charge in [0.15, 0.2) is 0 Å². The standard InChI is InChI=1S/C14H22N2O3/c1-9(2)16-8-7-10(3)11(12(16)17)15-13(18)19-14(4,5)6/h7-9H,1-6H3,(H,15,18). The molecule has 0 spiro atoms. The first-order valence-electron chi connectivity index (χ1n) is 6.33. The van der Waals surface area contributed by atoms with Gasteiger partial charge in [0.25, 0.3) is 5.56 Å². The summed E-state index contributed by atoms with van der Waals surface area (Å²) >= 11 is 0. The first-order valence-corrected chi connectivity index (χ1v) is 6.33. The predicted octanol–water partition coefficient (Wildman–Crippen LogP) is 3.08. The van der Waals surface area contributed by atoms with Crippen LogP contribution in [0.3, 0.4) is 0 Å². The van der Waals surface area contributed by atoms with Crippen LogP contribution in [0.4, 0.5) is 10.5 Å². The summed E-state index contributed by atoms with van der Waals surface area (Å²) in [6.07, 6.45) is 1.11. The average molecular weight is 266 g/mol. The van der Waals surface area contributed by atoms with Crippen molar-refractivity contribution >= 4 is 11.8 Å². The van der Waals surface area contributed by atoms with Gasteiger partial charge < -0.3 is 9.30 Å². The van der Waals surface area contributed by atoms with Crippen molar-refractivity contribution in [2.45, 2.75) is 53.2 Å². The molecule has 5 nitrogen and oxygen atoms in total. The SMILES string of the molecule is Cc1ccn(C(C)C)c(=O)c1NC(=O)OC(C)(C)C. The Kier molecular flexibility index (Phi) is 4.39. The van der Waals surface area contributed by atoms with Gasteiger partial charge >= 0.3 is 6.09 Å². The van der Waals surface area contributed by atoms with E-state index in [1.54, 1.807) is 44.5 Å². The van der Waals surface area contributed by atoms with E-state index in [4.69, 9.17) is 4.74 Å². The number of carbonyl (C=O) groups excluding carboxylic acids is 1. The Morgan fingerprint density at radius 1 is 1.37 bits per heavy atom. The lowest BCUT2D eigenvalue weighted by Gasteiger charge is -2.20. The van der Waals surface area contributed by atoms with Crippen molar-refractivity contribution in [2.75, 3.05) is 5.32 Å². The monoisotopic (exact) mass is 266 g/mol. The molecule has 106 valence electrons. The van der Waals surface area contributed by atoms with Gasteiger partial charge in [-0.15, -0.1) is 0 Å². The van der Waals surface area contributed by atoms with E-state index in [9.17, 15) is 9.59 Å². The molecule has 1 rings (SSSR count). The third-order valence-corrected chi connectivity index (χ3v) is 2.51. The zero-order valence-corrected chi connectivity index (χ0v) is 12.4. The maximum Gasteiger partial charge on any atom is 0.412 e. The Hall–Kier alpha value is -1.78. The summed E-state index contributed by atoms with van der Waals surface area (Å²) in [6, 6.07) is 1.83. The summed E-state index contributed by atoms with van der Waals surface area (Å²) < 4.78 is 6.72. The fraction of sp³-hybridized carbons (Fsp3) is 0.571. The zero-order valence-electron chi connectivity index (χ0n) is 12.4. The number of nitrogens with zero attached hydrogens (tertiary/aromatic N) is 1. The maximum atomic E-state index is 12.2. The van der Waals surface area contributed by atoms with Crippen molar-refractivity contribution in [1.82, 2.24) is 4.57 Å². The zero-order chi connectivity index (χ0) is 14.8. The second kappa shape index (κ2) is 5.47. The quantitative estimate of drug-likeness (QED) is 0.894. The number of pyridine rings is 1. The Labute approximate surface area is 113 Å². The molecule has 1 aromatic rings. The fourth-order valence-electron chi connectivity index (χ4n) is 1.61. The Bertz CT molecular complexity index is 524. The molecule has 1 N–H and O–H groups in total. The molecule has 5 heteroatoms. The Balaban J connectivity index is 3.05. The summed E-state index contributed by atoms with van der Waals surface area (Å²) in [6.45, 7) is 10.9. The predicted molar refractivity (Wildman–Crippen MR) is 75.7 cm³/mol. The van der Waals surface area contributed by atoms with Crippen LogP contribution in [-0.4, -0.2) is 16.3 Å². The Morgan fingerprint density at radius 3 is 2.42 bits per heavy atom. The summed E-state index contributed by atoms with van der Waals surface area (Å²) in [7, 11) is 0. The molecule has 0 unspecified atom stereocenters. The molecule has 0 atom stereocenters. The van der Waals surface area contributed by atoms with Crippen LogP contribution in [-0.2, 0) is 4.74 Å². The van der Waals surface area contributed by atoms with E-state index in [1.807, 2.05) is 13.8 Å². The topological polar surface area (TPSA) is 60.3 Å². The summed E-state index contributed by atoms with van der Waals surface area (Å²) in [4.78, 5) is 24.0. The van der Waals surface area contributed by atoms with E-state index < -0.39 is 11.7 Å². The van der Waals surface area contributed by atoms with E-state index in [0.29, 0.717) is 5.56 Å². The van der Waals surface area contributed by atoms with Crippen LogP contribution in [0, 0.1) is 6.92 Å². The van der Waals surface area contributed by atoms with E-state index >= 15 is 0 Å². The lowest BCUT2D eigenvalue weighted by atomic mass is 10.2.